The summed E-state index contributed by atoms with van der Waals surface area (Å²) in [6.45, 7) is 4.81. The first-order valence-electron chi connectivity index (χ1n) is 8.49. The Kier molecular flexibility index (Phi) is 6.04. The molecule has 27 heavy (non-hydrogen) atoms. The van der Waals surface area contributed by atoms with Crippen LogP contribution in [-0.4, -0.2) is 22.3 Å². The maximum absolute atomic E-state index is 12.6. The van der Waals surface area contributed by atoms with Crippen molar-refractivity contribution in [1.29, 1.82) is 0 Å². The number of hydrogen-bond acceptors (Lipinski definition) is 3. The molecule has 0 aliphatic carbocycles. The lowest BCUT2D eigenvalue weighted by molar-refractivity contribution is 0.102. The van der Waals surface area contributed by atoms with Crippen molar-refractivity contribution in [3.05, 3.63) is 75.4 Å². The molecule has 0 aliphatic rings. The highest BCUT2D eigenvalue weighted by molar-refractivity contribution is 6.42. The van der Waals surface area contributed by atoms with Crippen molar-refractivity contribution in [2.45, 2.75) is 20.4 Å². The van der Waals surface area contributed by atoms with Crippen molar-refractivity contribution in [1.82, 2.24) is 9.78 Å². The number of aryl methyl sites for hydroxylation is 1. The molecule has 0 saturated carbocycles. The van der Waals surface area contributed by atoms with Gasteiger partial charge in [0.15, 0.2) is 5.82 Å². The van der Waals surface area contributed by atoms with E-state index in [1.54, 1.807) is 28.9 Å². The van der Waals surface area contributed by atoms with Crippen molar-refractivity contribution >= 4 is 34.9 Å². The molecule has 1 heterocycles. The molecule has 0 saturated heterocycles. The predicted octanol–water partition coefficient (Wildman–Crippen LogP) is 5.20. The van der Waals surface area contributed by atoms with Crippen LogP contribution in [0.2, 0.25) is 10.0 Å². The quantitative estimate of drug-likeness (QED) is 0.615. The van der Waals surface area contributed by atoms with Crippen molar-refractivity contribution in [2.24, 2.45) is 0 Å². The number of carbonyl (C=O) groups excluding carboxylic acids is 1. The SMILES string of the molecule is CCOc1ccccc1C(=O)Nc1cc(C)n(Cc2ccc(Cl)c(Cl)c2)n1. The van der Waals surface area contributed by atoms with Crippen molar-refractivity contribution < 1.29 is 9.53 Å². The standard InChI is InChI=1S/C20H19Cl2N3O2/c1-3-27-18-7-5-4-6-15(18)20(26)23-19-10-13(2)25(24-19)12-14-8-9-16(21)17(22)11-14/h4-11H,3,12H2,1-2H3,(H,23,24,26). The Labute approximate surface area is 167 Å². The van der Waals surface area contributed by atoms with Gasteiger partial charge in [0, 0.05) is 11.8 Å². The summed E-state index contributed by atoms with van der Waals surface area (Å²) in [7, 11) is 0. The van der Waals surface area contributed by atoms with Crippen LogP contribution in [0.25, 0.3) is 0 Å². The molecule has 1 aromatic heterocycles. The molecule has 0 spiro atoms. The number of hydrogen-bond donors (Lipinski definition) is 1. The van der Waals surface area contributed by atoms with Gasteiger partial charge in [0.05, 0.1) is 28.8 Å². The Hall–Kier alpha value is -2.50. The maximum atomic E-state index is 12.6. The summed E-state index contributed by atoms with van der Waals surface area (Å²) in [6, 6.07) is 14.4. The molecule has 0 bridgehead atoms. The number of nitrogens with zero attached hydrogens (tertiary/aromatic N) is 2. The number of anilines is 1. The van der Waals surface area contributed by atoms with Gasteiger partial charge >= 0.3 is 0 Å². The minimum atomic E-state index is -0.266. The fraction of sp³-hybridized carbons (Fsp3) is 0.200. The minimum absolute atomic E-state index is 0.266. The smallest absolute Gasteiger partial charge is 0.260 e. The number of ether oxygens (including phenoxy) is 1. The van der Waals surface area contributed by atoms with Gasteiger partial charge in [0.2, 0.25) is 0 Å². The van der Waals surface area contributed by atoms with Crippen LogP contribution in [-0.2, 0) is 6.54 Å². The second-order valence-electron chi connectivity index (χ2n) is 5.96. The third kappa shape index (κ3) is 4.62. The molecule has 7 heteroatoms. The monoisotopic (exact) mass is 403 g/mol. The highest BCUT2D eigenvalue weighted by Gasteiger charge is 2.14. The Bertz CT molecular complexity index is 970. The lowest BCUT2D eigenvalue weighted by atomic mass is 10.2. The maximum Gasteiger partial charge on any atom is 0.260 e. The van der Waals surface area contributed by atoms with Crippen LogP contribution >= 0.6 is 23.2 Å². The molecule has 3 rings (SSSR count). The second-order valence-corrected chi connectivity index (χ2v) is 6.77. The minimum Gasteiger partial charge on any atom is -0.493 e. The Morgan fingerprint density at radius 1 is 1.15 bits per heavy atom. The molecule has 2 aromatic carbocycles. The molecule has 3 aromatic rings. The van der Waals surface area contributed by atoms with E-state index in [1.807, 2.05) is 38.1 Å². The summed E-state index contributed by atoms with van der Waals surface area (Å²) in [6.07, 6.45) is 0. The van der Waals surface area contributed by atoms with E-state index in [1.165, 1.54) is 0 Å². The zero-order chi connectivity index (χ0) is 19.4. The van der Waals surface area contributed by atoms with Crippen molar-refractivity contribution in [3.63, 3.8) is 0 Å². The van der Waals surface area contributed by atoms with Crippen LogP contribution in [0, 0.1) is 6.92 Å². The van der Waals surface area contributed by atoms with Gasteiger partial charge in [-0.05, 0) is 43.7 Å². The molecule has 0 atom stereocenters. The average molecular weight is 404 g/mol. The third-order valence-corrected chi connectivity index (χ3v) is 4.71. The number of halogens is 2. The van der Waals surface area contributed by atoms with Crippen LogP contribution in [0.15, 0.2) is 48.5 Å². The summed E-state index contributed by atoms with van der Waals surface area (Å²) >= 11 is 12.0. The summed E-state index contributed by atoms with van der Waals surface area (Å²) in [5.74, 6) is 0.756. The normalized spacial score (nSPS) is 10.7. The van der Waals surface area contributed by atoms with Crippen molar-refractivity contribution in [2.75, 3.05) is 11.9 Å². The first-order chi connectivity index (χ1) is 13.0. The van der Waals surface area contributed by atoms with Gasteiger partial charge in [-0.1, -0.05) is 41.4 Å². The zero-order valence-corrected chi connectivity index (χ0v) is 16.5. The van der Waals surface area contributed by atoms with Gasteiger partial charge in [-0.3, -0.25) is 9.48 Å². The van der Waals surface area contributed by atoms with E-state index < -0.39 is 0 Å². The summed E-state index contributed by atoms with van der Waals surface area (Å²) < 4.78 is 7.31. The van der Waals surface area contributed by atoms with Crippen LogP contribution in [0.4, 0.5) is 5.82 Å². The summed E-state index contributed by atoms with van der Waals surface area (Å²) in [5.41, 5.74) is 2.35. The number of benzene rings is 2. The van der Waals surface area contributed by atoms with Gasteiger partial charge in [-0.25, -0.2) is 0 Å². The zero-order valence-electron chi connectivity index (χ0n) is 15.0. The van der Waals surface area contributed by atoms with Crippen LogP contribution in [0.3, 0.4) is 0 Å². The van der Waals surface area contributed by atoms with E-state index in [9.17, 15) is 4.79 Å². The number of amides is 1. The predicted molar refractivity (Wildman–Crippen MR) is 108 cm³/mol. The van der Waals surface area contributed by atoms with Gasteiger partial charge < -0.3 is 10.1 Å². The summed E-state index contributed by atoms with van der Waals surface area (Å²) in [4.78, 5) is 12.6. The van der Waals surface area contributed by atoms with Gasteiger partial charge in [0.25, 0.3) is 5.91 Å². The summed E-state index contributed by atoms with van der Waals surface area (Å²) in [5, 5.41) is 8.31. The average Bonchev–Trinajstić information content (AvgIpc) is 2.98. The lowest BCUT2D eigenvalue weighted by Gasteiger charge is -2.09. The molecule has 0 fully saturated rings. The van der Waals surface area contributed by atoms with Gasteiger partial charge in [-0.2, -0.15) is 5.10 Å². The van der Waals surface area contributed by atoms with E-state index in [0.717, 1.165) is 11.3 Å². The Morgan fingerprint density at radius 2 is 1.93 bits per heavy atom. The van der Waals surface area contributed by atoms with E-state index in [4.69, 9.17) is 27.9 Å². The highest BCUT2D eigenvalue weighted by Crippen LogP contribution is 2.24. The molecule has 0 radical (unpaired) electrons. The number of rotatable bonds is 6. The fourth-order valence-electron chi connectivity index (χ4n) is 2.66. The first kappa shape index (κ1) is 19.3. The van der Waals surface area contributed by atoms with Crippen LogP contribution in [0.1, 0.15) is 28.5 Å². The first-order valence-corrected chi connectivity index (χ1v) is 9.25. The second kappa shape index (κ2) is 8.46. The fourth-order valence-corrected chi connectivity index (χ4v) is 2.98. The molecule has 0 unspecified atom stereocenters. The van der Waals surface area contributed by atoms with Gasteiger partial charge in [0.1, 0.15) is 5.75 Å². The van der Waals surface area contributed by atoms with Crippen LogP contribution < -0.4 is 10.1 Å². The molecule has 5 nitrogen and oxygen atoms in total. The van der Waals surface area contributed by atoms with Crippen molar-refractivity contribution in [3.8, 4) is 5.75 Å². The van der Waals surface area contributed by atoms with Crippen LogP contribution in [0.5, 0.6) is 5.75 Å². The Morgan fingerprint density at radius 3 is 2.67 bits per heavy atom. The number of para-hydroxylation sites is 1. The molecular weight excluding hydrogens is 385 g/mol. The molecule has 0 aliphatic heterocycles. The van der Waals surface area contributed by atoms with E-state index in [-0.39, 0.29) is 5.91 Å². The topological polar surface area (TPSA) is 56.1 Å². The van der Waals surface area contributed by atoms with Gasteiger partial charge in [-0.15, -0.1) is 0 Å². The Balaban J connectivity index is 1.76. The largest absolute Gasteiger partial charge is 0.493 e. The third-order valence-electron chi connectivity index (χ3n) is 3.97. The van der Waals surface area contributed by atoms with E-state index >= 15 is 0 Å². The molecular formula is C20H19Cl2N3O2. The number of aromatic nitrogens is 2. The lowest BCUT2D eigenvalue weighted by Crippen LogP contribution is -2.14. The molecule has 140 valence electrons. The molecule has 1 N–H and O–H groups in total. The number of carbonyl (C=O) groups is 1. The number of nitrogens with one attached hydrogen (secondary N) is 1. The highest BCUT2D eigenvalue weighted by atomic mass is 35.5. The van der Waals surface area contributed by atoms with E-state index in [2.05, 4.69) is 10.4 Å². The molecule has 1 amide bonds. The van der Waals surface area contributed by atoms with E-state index in [0.29, 0.717) is 40.3 Å².